The van der Waals surface area contributed by atoms with Gasteiger partial charge in [-0.2, -0.15) is 0 Å². The van der Waals surface area contributed by atoms with Gasteiger partial charge in [-0.05, 0) is 18.2 Å². The number of para-hydroxylation sites is 1. The van der Waals surface area contributed by atoms with Gasteiger partial charge in [-0.15, -0.1) is 0 Å². The number of carbonyl (C=O) groups is 1. The van der Waals surface area contributed by atoms with Crippen LogP contribution in [0.25, 0.3) is 10.2 Å². The van der Waals surface area contributed by atoms with Crippen molar-refractivity contribution < 1.29 is 14.3 Å². The average molecular weight is 329 g/mol. The summed E-state index contributed by atoms with van der Waals surface area (Å²) in [5, 5.41) is 3.30. The Bertz CT molecular complexity index is 876. The summed E-state index contributed by atoms with van der Waals surface area (Å²) < 4.78 is 11.4. The Labute approximate surface area is 136 Å². The maximum atomic E-state index is 12.5. The minimum atomic E-state index is -0.263. The van der Waals surface area contributed by atoms with Crippen molar-refractivity contribution in [2.75, 3.05) is 25.3 Å². The molecule has 7 heteroatoms. The number of hydrogen-bond donors (Lipinski definition) is 2. The first-order chi connectivity index (χ1) is 11.1. The average Bonchev–Trinajstić information content (AvgIpc) is 2.94. The van der Waals surface area contributed by atoms with Crippen LogP contribution in [0.1, 0.15) is 10.4 Å². The highest BCUT2D eigenvalue weighted by molar-refractivity contribution is 7.22. The number of nitrogens with one attached hydrogen (secondary N) is 1. The number of aromatic nitrogens is 1. The van der Waals surface area contributed by atoms with E-state index in [1.165, 1.54) is 18.4 Å². The number of nitrogen functional groups attached to an aromatic ring is 1. The number of ether oxygens (including phenoxy) is 2. The van der Waals surface area contributed by atoms with Crippen LogP contribution in [-0.4, -0.2) is 25.1 Å². The van der Waals surface area contributed by atoms with Gasteiger partial charge in [-0.25, -0.2) is 4.98 Å². The lowest BCUT2D eigenvalue weighted by molar-refractivity contribution is 0.102. The van der Waals surface area contributed by atoms with Gasteiger partial charge < -0.3 is 20.5 Å². The molecule has 0 aliphatic rings. The lowest BCUT2D eigenvalue weighted by atomic mass is 10.2. The molecule has 0 saturated heterocycles. The molecule has 3 N–H and O–H groups in total. The number of thiazole rings is 1. The van der Waals surface area contributed by atoms with Crippen LogP contribution in [0, 0.1) is 0 Å². The van der Waals surface area contributed by atoms with Crippen molar-refractivity contribution in [1.82, 2.24) is 4.98 Å². The van der Waals surface area contributed by atoms with Gasteiger partial charge in [0.25, 0.3) is 5.91 Å². The number of fused-ring (bicyclic) bond motifs is 1. The van der Waals surface area contributed by atoms with Crippen molar-refractivity contribution in [2.45, 2.75) is 0 Å². The van der Waals surface area contributed by atoms with E-state index in [0.29, 0.717) is 33.4 Å². The van der Waals surface area contributed by atoms with E-state index in [2.05, 4.69) is 10.3 Å². The normalized spacial score (nSPS) is 10.5. The molecule has 118 valence electrons. The monoisotopic (exact) mass is 329 g/mol. The maximum absolute atomic E-state index is 12.5. The van der Waals surface area contributed by atoms with E-state index < -0.39 is 0 Å². The van der Waals surface area contributed by atoms with Crippen LogP contribution in [0.3, 0.4) is 0 Å². The fourth-order valence-corrected chi connectivity index (χ4v) is 3.07. The summed E-state index contributed by atoms with van der Waals surface area (Å²) in [4.78, 5) is 16.7. The SMILES string of the molecule is COc1ccccc1C(=O)Nc1cc(OC)c2nc(N)sc2c1. The Morgan fingerprint density at radius 1 is 1.17 bits per heavy atom. The second-order valence-corrected chi connectivity index (χ2v) is 5.79. The molecule has 23 heavy (non-hydrogen) atoms. The number of rotatable bonds is 4. The number of nitrogens with zero attached hydrogens (tertiary/aromatic N) is 1. The van der Waals surface area contributed by atoms with Gasteiger partial charge in [-0.3, -0.25) is 4.79 Å². The molecule has 0 bridgehead atoms. The number of hydrogen-bond acceptors (Lipinski definition) is 6. The quantitative estimate of drug-likeness (QED) is 0.768. The third kappa shape index (κ3) is 2.91. The Morgan fingerprint density at radius 3 is 2.65 bits per heavy atom. The molecule has 0 aliphatic heterocycles. The summed E-state index contributed by atoms with van der Waals surface area (Å²) in [6.45, 7) is 0. The van der Waals surface area contributed by atoms with E-state index in [1.54, 1.807) is 31.4 Å². The Kier molecular flexibility index (Phi) is 4.03. The van der Waals surface area contributed by atoms with Crippen molar-refractivity contribution in [3.05, 3.63) is 42.0 Å². The lowest BCUT2D eigenvalue weighted by Crippen LogP contribution is -2.13. The Hall–Kier alpha value is -2.80. The molecular weight excluding hydrogens is 314 g/mol. The highest BCUT2D eigenvalue weighted by atomic mass is 32.1. The molecule has 1 heterocycles. The third-order valence-corrected chi connectivity index (χ3v) is 4.14. The summed E-state index contributed by atoms with van der Waals surface area (Å²) in [6.07, 6.45) is 0. The van der Waals surface area contributed by atoms with Crippen LogP contribution < -0.4 is 20.5 Å². The van der Waals surface area contributed by atoms with Crippen molar-refractivity contribution in [3.63, 3.8) is 0 Å². The van der Waals surface area contributed by atoms with Gasteiger partial charge in [0.15, 0.2) is 5.13 Å². The second kappa shape index (κ2) is 6.13. The molecule has 0 saturated carbocycles. The summed E-state index contributed by atoms with van der Waals surface area (Å²) in [5.41, 5.74) is 7.49. The molecule has 1 amide bonds. The predicted molar refractivity (Wildman–Crippen MR) is 91.5 cm³/mol. The highest BCUT2D eigenvalue weighted by Crippen LogP contribution is 2.34. The number of anilines is 2. The molecule has 2 aromatic carbocycles. The first-order valence-corrected chi connectivity index (χ1v) is 7.62. The van der Waals surface area contributed by atoms with Gasteiger partial charge in [0.1, 0.15) is 17.0 Å². The number of nitrogens with two attached hydrogens (primary N) is 1. The van der Waals surface area contributed by atoms with E-state index in [-0.39, 0.29) is 5.91 Å². The van der Waals surface area contributed by atoms with Gasteiger partial charge in [-0.1, -0.05) is 23.5 Å². The van der Waals surface area contributed by atoms with Crippen LogP contribution in [-0.2, 0) is 0 Å². The lowest BCUT2D eigenvalue weighted by Gasteiger charge is -2.10. The molecular formula is C16H15N3O3S. The molecule has 0 spiro atoms. The number of benzene rings is 2. The fraction of sp³-hybridized carbons (Fsp3) is 0.125. The topological polar surface area (TPSA) is 86.5 Å². The molecule has 0 unspecified atom stereocenters. The predicted octanol–water partition coefficient (Wildman–Crippen LogP) is 3.15. The number of methoxy groups -OCH3 is 2. The standard InChI is InChI=1S/C16H15N3O3S/c1-21-11-6-4-3-5-10(11)15(20)18-9-7-12(22-2)14-13(8-9)23-16(17)19-14/h3-8H,1-2H3,(H2,17,19)(H,18,20). The Balaban J connectivity index is 1.96. The van der Waals surface area contributed by atoms with E-state index in [0.717, 1.165) is 4.70 Å². The van der Waals surface area contributed by atoms with Gasteiger partial charge in [0, 0.05) is 11.8 Å². The largest absolute Gasteiger partial charge is 0.496 e. The van der Waals surface area contributed by atoms with Crippen LogP contribution in [0.4, 0.5) is 10.8 Å². The first-order valence-electron chi connectivity index (χ1n) is 6.81. The smallest absolute Gasteiger partial charge is 0.259 e. The van der Waals surface area contributed by atoms with Crippen LogP contribution in [0.15, 0.2) is 36.4 Å². The highest BCUT2D eigenvalue weighted by Gasteiger charge is 2.14. The zero-order chi connectivity index (χ0) is 16.4. The molecule has 3 aromatic rings. The third-order valence-electron chi connectivity index (χ3n) is 3.31. The molecule has 0 aliphatic carbocycles. The molecule has 3 rings (SSSR count). The van der Waals surface area contributed by atoms with Gasteiger partial charge in [0.2, 0.25) is 0 Å². The number of amides is 1. The van der Waals surface area contributed by atoms with E-state index in [1.807, 2.05) is 12.1 Å². The van der Waals surface area contributed by atoms with Crippen LogP contribution in [0.2, 0.25) is 0 Å². The van der Waals surface area contributed by atoms with Crippen LogP contribution >= 0.6 is 11.3 Å². The van der Waals surface area contributed by atoms with Crippen molar-refractivity contribution in [3.8, 4) is 11.5 Å². The number of carbonyl (C=O) groups excluding carboxylic acids is 1. The van der Waals surface area contributed by atoms with E-state index in [4.69, 9.17) is 15.2 Å². The van der Waals surface area contributed by atoms with E-state index >= 15 is 0 Å². The second-order valence-electron chi connectivity index (χ2n) is 4.73. The van der Waals surface area contributed by atoms with Gasteiger partial charge in [0.05, 0.1) is 24.5 Å². The van der Waals surface area contributed by atoms with Crippen molar-refractivity contribution in [2.24, 2.45) is 0 Å². The summed E-state index contributed by atoms with van der Waals surface area (Å²) in [6, 6.07) is 10.6. The van der Waals surface area contributed by atoms with Gasteiger partial charge >= 0.3 is 0 Å². The molecule has 0 fully saturated rings. The van der Waals surface area contributed by atoms with Crippen LogP contribution in [0.5, 0.6) is 11.5 Å². The minimum absolute atomic E-state index is 0.263. The summed E-state index contributed by atoms with van der Waals surface area (Å²) >= 11 is 1.34. The summed E-state index contributed by atoms with van der Waals surface area (Å²) in [7, 11) is 3.08. The zero-order valence-electron chi connectivity index (χ0n) is 12.6. The van der Waals surface area contributed by atoms with Crippen molar-refractivity contribution in [1.29, 1.82) is 0 Å². The van der Waals surface area contributed by atoms with E-state index in [9.17, 15) is 4.79 Å². The maximum Gasteiger partial charge on any atom is 0.259 e. The molecule has 0 atom stereocenters. The minimum Gasteiger partial charge on any atom is -0.496 e. The molecule has 6 nitrogen and oxygen atoms in total. The van der Waals surface area contributed by atoms with Crippen molar-refractivity contribution >= 4 is 38.3 Å². The summed E-state index contributed by atoms with van der Waals surface area (Å²) in [5.74, 6) is 0.812. The molecule has 1 aromatic heterocycles. The Morgan fingerprint density at radius 2 is 1.91 bits per heavy atom. The fourth-order valence-electron chi connectivity index (χ4n) is 2.27. The first kappa shape index (κ1) is 15.1. The zero-order valence-corrected chi connectivity index (χ0v) is 13.4. The molecule has 0 radical (unpaired) electrons.